The summed E-state index contributed by atoms with van der Waals surface area (Å²) in [6, 6.07) is 44.2. The van der Waals surface area contributed by atoms with Gasteiger partial charge in [0.25, 0.3) is 0 Å². The average molecular weight is 1420 g/mol. The molecule has 0 N–H and O–H groups in total. The van der Waals surface area contributed by atoms with Crippen LogP contribution in [0.4, 0.5) is 22.0 Å². The number of rotatable bonds is 0. The van der Waals surface area contributed by atoms with Crippen LogP contribution in [0.15, 0.2) is 140 Å². The van der Waals surface area contributed by atoms with Crippen LogP contribution in [0.3, 0.4) is 0 Å². The summed E-state index contributed by atoms with van der Waals surface area (Å²) in [5, 5.41) is 0. The summed E-state index contributed by atoms with van der Waals surface area (Å²) in [5.41, 5.74) is 13.7. The zero-order chi connectivity index (χ0) is 76.1. The molecule has 0 amide bonds. The molecule has 0 bridgehead atoms. The van der Waals surface area contributed by atoms with Crippen LogP contribution in [0.5, 0.6) is 0 Å². The van der Waals surface area contributed by atoms with Crippen LogP contribution in [-0.2, 0) is 0 Å². The van der Waals surface area contributed by atoms with Gasteiger partial charge in [-0.3, -0.25) is 0 Å². The van der Waals surface area contributed by atoms with Crippen LogP contribution >= 0.6 is 0 Å². The third-order valence-electron chi connectivity index (χ3n) is 20.6. The Morgan fingerprint density at radius 1 is 0.194 bits per heavy atom. The van der Waals surface area contributed by atoms with Gasteiger partial charge in [0.15, 0.2) is 11.6 Å². The minimum atomic E-state index is -0.736. The summed E-state index contributed by atoms with van der Waals surface area (Å²) in [7, 11) is 0. The van der Waals surface area contributed by atoms with E-state index < -0.39 is 11.6 Å². The van der Waals surface area contributed by atoms with Crippen molar-refractivity contribution in [1.82, 2.24) is 0 Å². The van der Waals surface area contributed by atoms with Gasteiger partial charge in [0.2, 0.25) is 0 Å². The summed E-state index contributed by atoms with van der Waals surface area (Å²) in [6.45, 7) is 50.2. The monoisotopic (exact) mass is 1420 g/mol. The lowest BCUT2D eigenvalue weighted by Gasteiger charge is -2.22. The molecule has 0 saturated heterocycles. The van der Waals surface area contributed by atoms with E-state index in [4.69, 9.17) is 0 Å². The quantitative estimate of drug-likeness (QED) is 0.105. The first-order valence-electron chi connectivity index (χ1n) is 39.2. The van der Waals surface area contributed by atoms with Crippen molar-refractivity contribution >= 4 is 8.41 Å². The van der Waals surface area contributed by atoms with Crippen molar-refractivity contribution in [2.24, 2.45) is 59.2 Å². The topological polar surface area (TPSA) is 0 Å². The Morgan fingerprint density at radius 2 is 0.301 bits per heavy atom. The van der Waals surface area contributed by atoms with Gasteiger partial charge in [-0.05, 0) is 219 Å². The van der Waals surface area contributed by atoms with Crippen LogP contribution < -0.4 is 0 Å². The third kappa shape index (κ3) is 50.4. The molecule has 0 aliphatic heterocycles. The molecule has 0 nitrogen and oxygen atoms in total. The molecule has 7 aromatic rings. The van der Waals surface area contributed by atoms with Gasteiger partial charge in [-0.15, -0.1) is 0 Å². The van der Waals surface area contributed by atoms with Crippen LogP contribution in [-0.4, -0.2) is 8.41 Å². The predicted molar refractivity (Wildman–Crippen MR) is 450 cm³/mol. The van der Waals surface area contributed by atoms with E-state index in [1.54, 1.807) is 51.1 Å². The molecule has 0 spiro atoms. The maximum Gasteiger partial charge on any atom is 0.161 e. The first-order valence-corrected chi connectivity index (χ1v) is 39.2. The Labute approximate surface area is 636 Å². The van der Waals surface area contributed by atoms with Crippen molar-refractivity contribution in [3.8, 4) is 0 Å². The van der Waals surface area contributed by atoms with E-state index in [-0.39, 0.29) is 34.7 Å². The SMILES string of the molecule is C.CC1CCC(C)CC1.CC1CCC(C)CC1.CC1CCC(C)CC1.CC1CCC(C)CC1.CC1CCC(C)CC1.Cc1ccc(C)c(F)c1.Cc1ccc(C)c(F)c1.Cc1ccc(C)c(F)c1.Cc1ccc(C)c(F)c1F.Cc1ccc(C)cc1.Cc1ccc(C)cc1.Cc1ccc(C)cc1.[2HH].[B]. The predicted octanol–water partition coefficient (Wildman–Crippen LogP) is 31.5. The standard InChI is InChI=1S/C8H8F2.3C8H9F.5C8H16.3C8H10.CH4.B.H2/c1-5-3-4-6(2)8(10)7(5)9;3*1-6-3-4-7(2)8(9)5-6;8*1-7-3-5-8(2)6-4-7;;;/h3-4H,1-2H3;3*3-5H,1-2H3;5*7-8H,3-6H2,1-2H3;3*3-6H,1-2H3;1H4;;1H/i;;;;;;;;;;;;;;1+1. The van der Waals surface area contributed by atoms with Crippen molar-refractivity contribution in [2.75, 3.05) is 0 Å². The maximum absolute atomic E-state index is 12.6. The molecule has 0 atom stereocenters. The lowest BCUT2D eigenvalue weighted by atomic mass is 9.84. The van der Waals surface area contributed by atoms with E-state index in [9.17, 15) is 22.0 Å². The van der Waals surface area contributed by atoms with Gasteiger partial charge in [-0.1, -0.05) is 360 Å². The van der Waals surface area contributed by atoms with Crippen LogP contribution in [0.1, 0.15) is 284 Å². The molecule has 103 heavy (non-hydrogen) atoms. The largest absolute Gasteiger partial charge is 0.207 e. The van der Waals surface area contributed by atoms with Gasteiger partial charge in [0.1, 0.15) is 17.5 Å². The smallest absolute Gasteiger partial charge is 0.161 e. The highest BCUT2D eigenvalue weighted by Crippen LogP contribution is 2.31. The van der Waals surface area contributed by atoms with Crippen molar-refractivity contribution in [2.45, 2.75) is 302 Å². The maximum atomic E-state index is 12.6. The lowest BCUT2D eigenvalue weighted by molar-refractivity contribution is 0.308. The van der Waals surface area contributed by atoms with E-state index in [2.05, 4.69) is 184 Å². The normalized spacial score (nSPS) is 21.1. The summed E-state index contributed by atoms with van der Waals surface area (Å²) in [5.74, 6) is 8.38. The Bertz CT molecular complexity index is 2730. The first-order chi connectivity index (χ1) is 47.5. The number of hydrogen-bond acceptors (Lipinski definition) is 0. The van der Waals surface area contributed by atoms with Gasteiger partial charge in [-0.25, -0.2) is 22.0 Å². The molecule has 3 radical (unpaired) electrons. The van der Waals surface area contributed by atoms with E-state index in [1.165, 1.54) is 194 Å². The second kappa shape index (κ2) is 56.6. The van der Waals surface area contributed by atoms with Crippen LogP contribution in [0.2, 0.25) is 0 Å². The number of halogens is 5. The Hall–Kier alpha value is -5.75. The Balaban J connectivity index is -0.00000107. The molecule has 0 unspecified atom stereocenters. The minimum absolute atomic E-state index is 0. The zero-order valence-corrected chi connectivity index (χ0v) is 69.2. The van der Waals surface area contributed by atoms with Crippen LogP contribution in [0.25, 0.3) is 0 Å². The van der Waals surface area contributed by atoms with Gasteiger partial charge < -0.3 is 0 Å². The highest BCUT2D eigenvalue weighted by Gasteiger charge is 2.17. The molecule has 5 aliphatic rings. The number of hydrogen-bond donors (Lipinski definition) is 0. The van der Waals surface area contributed by atoms with Gasteiger partial charge >= 0.3 is 0 Å². The van der Waals surface area contributed by atoms with Crippen LogP contribution in [0, 0.1) is 185 Å². The lowest BCUT2D eigenvalue weighted by Crippen LogP contribution is -2.08. The first kappa shape index (κ1) is 99.3. The summed E-state index contributed by atoms with van der Waals surface area (Å²) < 4.78 is 63.0. The van der Waals surface area contributed by atoms with E-state index in [0.717, 1.165) is 75.9 Å². The molecule has 5 saturated carbocycles. The fourth-order valence-electron chi connectivity index (χ4n) is 11.9. The van der Waals surface area contributed by atoms with Gasteiger partial charge in [0.05, 0.1) is 0 Å². The Morgan fingerprint density at radius 3 is 0.408 bits per heavy atom. The van der Waals surface area contributed by atoms with Crippen molar-refractivity contribution in [1.29, 1.82) is 0 Å². The fourth-order valence-corrected chi connectivity index (χ4v) is 11.9. The van der Waals surface area contributed by atoms with Crippen molar-refractivity contribution in [3.05, 3.63) is 247 Å². The minimum Gasteiger partial charge on any atom is -0.207 e. The second-order valence-electron chi connectivity index (χ2n) is 32.4. The molecule has 577 valence electrons. The highest BCUT2D eigenvalue weighted by atomic mass is 19.2. The van der Waals surface area contributed by atoms with E-state index in [1.807, 2.05) is 39.0 Å². The fraction of sp³-hybridized carbons (Fsp3) is 0.567. The Kier molecular flexibility index (Phi) is 54.5. The molecular weight excluding hydrogens is 1270 g/mol. The van der Waals surface area contributed by atoms with Gasteiger partial charge in [0, 0.05) is 9.84 Å². The number of aryl methyl sites for hydroxylation is 14. The molecule has 5 fully saturated rings. The van der Waals surface area contributed by atoms with Gasteiger partial charge in [-0.2, -0.15) is 0 Å². The molecule has 0 aromatic heterocycles. The van der Waals surface area contributed by atoms with Crippen molar-refractivity contribution in [3.63, 3.8) is 0 Å². The molecule has 6 heteroatoms. The molecule has 7 aromatic carbocycles. The second-order valence-corrected chi connectivity index (χ2v) is 32.4. The number of benzene rings is 7. The van der Waals surface area contributed by atoms with E-state index >= 15 is 0 Å². The zero-order valence-electron chi connectivity index (χ0n) is 69.2. The summed E-state index contributed by atoms with van der Waals surface area (Å²) >= 11 is 0. The molecular formula is C97H151BF5. The summed E-state index contributed by atoms with van der Waals surface area (Å²) in [4.78, 5) is 0. The summed E-state index contributed by atoms with van der Waals surface area (Å²) in [6.07, 6.45) is 29.5. The third-order valence-corrected chi connectivity index (χ3v) is 20.6. The average Bonchev–Trinajstić information content (AvgIpc) is 0.888. The van der Waals surface area contributed by atoms with E-state index in [0.29, 0.717) is 27.8 Å². The molecule has 0 heterocycles. The highest BCUT2D eigenvalue weighted by molar-refractivity contribution is 5.75. The van der Waals surface area contributed by atoms with Crippen molar-refractivity contribution < 1.29 is 23.4 Å². The molecule has 5 aliphatic carbocycles. The molecule has 12 rings (SSSR count).